The van der Waals surface area contributed by atoms with Gasteiger partial charge in [0, 0.05) is 10.0 Å². The number of hydrogen-bond acceptors (Lipinski definition) is 3. The number of halogens is 3. The number of carbonyl (C=O) groups excluding carboxylic acids is 1. The van der Waals surface area contributed by atoms with Crippen LogP contribution in [-0.4, -0.2) is 13.1 Å². The molecular formula is C12H14BrF2NO2. The Morgan fingerprint density at radius 2 is 1.83 bits per heavy atom. The molecule has 0 aliphatic carbocycles. The van der Waals surface area contributed by atoms with Crippen molar-refractivity contribution in [3.63, 3.8) is 0 Å². The van der Waals surface area contributed by atoms with Crippen molar-refractivity contribution in [2.75, 3.05) is 7.11 Å². The highest BCUT2D eigenvalue weighted by Gasteiger charge is 2.39. The zero-order chi connectivity index (χ0) is 14.1. The maximum absolute atomic E-state index is 13.8. The normalized spacial score (nSPS) is 13.3. The van der Waals surface area contributed by atoms with Crippen LogP contribution in [0.4, 0.5) is 8.78 Å². The lowest BCUT2D eigenvalue weighted by atomic mass is 9.80. The number of esters is 1. The molecule has 0 radical (unpaired) electrons. The highest BCUT2D eigenvalue weighted by molar-refractivity contribution is 9.10. The number of hydrogen-bond donors (Lipinski definition) is 1. The van der Waals surface area contributed by atoms with Crippen molar-refractivity contribution in [2.24, 2.45) is 11.1 Å². The van der Waals surface area contributed by atoms with Crippen LogP contribution in [-0.2, 0) is 9.53 Å². The minimum atomic E-state index is -1.23. The van der Waals surface area contributed by atoms with Crippen molar-refractivity contribution in [2.45, 2.75) is 19.9 Å². The van der Waals surface area contributed by atoms with E-state index < -0.39 is 29.1 Å². The number of ether oxygens (including phenoxy) is 1. The van der Waals surface area contributed by atoms with Crippen molar-refractivity contribution >= 4 is 21.9 Å². The molecule has 0 saturated heterocycles. The zero-order valence-electron chi connectivity index (χ0n) is 10.3. The monoisotopic (exact) mass is 321 g/mol. The van der Waals surface area contributed by atoms with Crippen molar-refractivity contribution in [3.05, 3.63) is 33.8 Å². The molecule has 3 nitrogen and oxygen atoms in total. The Labute approximate surface area is 112 Å². The lowest BCUT2D eigenvalue weighted by Gasteiger charge is -2.29. The van der Waals surface area contributed by atoms with Crippen LogP contribution in [0.5, 0.6) is 0 Å². The fraction of sp³-hybridized carbons (Fsp3) is 0.417. The topological polar surface area (TPSA) is 52.3 Å². The average molecular weight is 322 g/mol. The van der Waals surface area contributed by atoms with Gasteiger partial charge >= 0.3 is 5.97 Å². The van der Waals surface area contributed by atoms with Gasteiger partial charge < -0.3 is 10.5 Å². The molecule has 0 saturated carbocycles. The minimum Gasteiger partial charge on any atom is -0.469 e. The Hall–Kier alpha value is -1.01. The predicted octanol–water partition coefficient (Wildman–Crippen LogP) is 2.93. The molecule has 0 unspecified atom stereocenters. The minimum absolute atomic E-state index is 0.268. The second-order valence-corrected chi connectivity index (χ2v) is 5.39. The average Bonchev–Trinajstić information content (AvgIpc) is 2.26. The summed E-state index contributed by atoms with van der Waals surface area (Å²) < 4.78 is 32.4. The molecule has 1 atom stereocenters. The number of rotatable bonds is 3. The summed E-state index contributed by atoms with van der Waals surface area (Å²) >= 11 is 2.98. The van der Waals surface area contributed by atoms with Crippen molar-refractivity contribution in [3.8, 4) is 0 Å². The van der Waals surface area contributed by atoms with Crippen molar-refractivity contribution in [1.82, 2.24) is 0 Å². The van der Waals surface area contributed by atoms with E-state index in [4.69, 9.17) is 5.73 Å². The molecule has 1 aromatic carbocycles. The molecule has 18 heavy (non-hydrogen) atoms. The first kappa shape index (κ1) is 15.0. The van der Waals surface area contributed by atoms with E-state index in [1.807, 2.05) is 0 Å². The Morgan fingerprint density at radius 3 is 2.22 bits per heavy atom. The standard InChI is InChI=1S/C12H14BrF2NO2/c1-12(2,11(17)18-3)10(16)9-7(14)4-6(13)5-8(9)15/h4-5,10H,16H2,1-3H3/t10-/m1/s1. The van der Waals surface area contributed by atoms with Crippen molar-refractivity contribution in [1.29, 1.82) is 0 Å². The second-order valence-electron chi connectivity index (χ2n) is 4.47. The molecule has 2 N–H and O–H groups in total. The SMILES string of the molecule is COC(=O)C(C)(C)[C@H](N)c1c(F)cc(Br)cc1F. The third-order valence-electron chi connectivity index (χ3n) is 2.84. The van der Waals surface area contributed by atoms with E-state index in [0.29, 0.717) is 0 Å². The van der Waals surface area contributed by atoms with Gasteiger partial charge in [-0.3, -0.25) is 4.79 Å². The van der Waals surface area contributed by atoms with Crippen LogP contribution in [0.2, 0.25) is 0 Å². The Bertz CT molecular complexity index is 454. The van der Waals surface area contributed by atoms with Gasteiger partial charge in [0.05, 0.1) is 18.6 Å². The maximum Gasteiger partial charge on any atom is 0.313 e. The van der Waals surface area contributed by atoms with Gasteiger partial charge in [-0.05, 0) is 26.0 Å². The van der Waals surface area contributed by atoms with Gasteiger partial charge in [0.15, 0.2) is 0 Å². The van der Waals surface area contributed by atoms with Gasteiger partial charge in [-0.15, -0.1) is 0 Å². The highest BCUT2D eigenvalue weighted by Crippen LogP contribution is 2.36. The van der Waals surface area contributed by atoms with Crippen LogP contribution in [0.25, 0.3) is 0 Å². The summed E-state index contributed by atoms with van der Waals surface area (Å²) in [5.74, 6) is -2.23. The number of nitrogens with two attached hydrogens (primary N) is 1. The van der Waals surface area contributed by atoms with E-state index in [1.54, 1.807) is 0 Å². The van der Waals surface area contributed by atoms with Gasteiger partial charge in [-0.2, -0.15) is 0 Å². The van der Waals surface area contributed by atoms with E-state index >= 15 is 0 Å². The van der Waals surface area contributed by atoms with Gasteiger partial charge in [0.2, 0.25) is 0 Å². The van der Waals surface area contributed by atoms with Crippen LogP contribution in [0, 0.1) is 17.0 Å². The highest BCUT2D eigenvalue weighted by atomic mass is 79.9. The first-order chi connectivity index (χ1) is 8.21. The molecule has 0 fully saturated rings. The van der Waals surface area contributed by atoms with Crippen LogP contribution >= 0.6 is 15.9 Å². The molecular weight excluding hydrogens is 308 g/mol. The molecule has 0 spiro atoms. The summed E-state index contributed by atoms with van der Waals surface area (Å²) in [6.07, 6.45) is 0. The second kappa shape index (κ2) is 5.32. The number of benzene rings is 1. The molecule has 0 bridgehead atoms. The summed E-state index contributed by atoms with van der Waals surface area (Å²) in [6.45, 7) is 2.95. The summed E-state index contributed by atoms with van der Waals surface area (Å²) in [5.41, 5.74) is 4.25. The van der Waals surface area contributed by atoms with Gasteiger partial charge in [0.1, 0.15) is 11.6 Å². The van der Waals surface area contributed by atoms with E-state index in [1.165, 1.54) is 21.0 Å². The smallest absolute Gasteiger partial charge is 0.313 e. The van der Waals surface area contributed by atoms with E-state index in [0.717, 1.165) is 12.1 Å². The first-order valence-corrected chi connectivity index (χ1v) is 5.99. The van der Waals surface area contributed by atoms with Crippen LogP contribution < -0.4 is 5.73 Å². The molecule has 1 rings (SSSR count). The molecule has 6 heteroatoms. The third kappa shape index (κ3) is 2.70. The molecule has 0 amide bonds. The van der Waals surface area contributed by atoms with Crippen LogP contribution in [0.3, 0.4) is 0 Å². The maximum atomic E-state index is 13.8. The molecule has 0 heterocycles. The van der Waals surface area contributed by atoms with Gasteiger partial charge in [-0.1, -0.05) is 15.9 Å². The van der Waals surface area contributed by atoms with Crippen LogP contribution in [0.15, 0.2) is 16.6 Å². The fourth-order valence-electron chi connectivity index (χ4n) is 1.60. The zero-order valence-corrected chi connectivity index (χ0v) is 11.8. The predicted molar refractivity (Wildman–Crippen MR) is 66.8 cm³/mol. The molecule has 0 aliphatic heterocycles. The van der Waals surface area contributed by atoms with Gasteiger partial charge in [0.25, 0.3) is 0 Å². The molecule has 0 aliphatic rings. The van der Waals surface area contributed by atoms with E-state index in [2.05, 4.69) is 20.7 Å². The van der Waals surface area contributed by atoms with E-state index in [9.17, 15) is 13.6 Å². The largest absolute Gasteiger partial charge is 0.469 e. The quantitative estimate of drug-likeness (QED) is 0.871. The Morgan fingerprint density at radius 1 is 1.39 bits per heavy atom. The first-order valence-electron chi connectivity index (χ1n) is 5.20. The van der Waals surface area contributed by atoms with Crippen LogP contribution in [0.1, 0.15) is 25.5 Å². The Balaban J connectivity index is 3.27. The molecule has 0 aromatic heterocycles. The fourth-order valence-corrected chi connectivity index (χ4v) is 2.00. The molecule has 100 valence electrons. The van der Waals surface area contributed by atoms with Crippen molar-refractivity contribution < 1.29 is 18.3 Å². The Kier molecular flexibility index (Phi) is 4.45. The number of carbonyl (C=O) groups is 1. The lowest BCUT2D eigenvalue weighted by molar-refractivity contribution is -0.152. The summed E-state index contributed by atoms with van der Waals surface area (Å²) in [7, 11) is 1.20. The summed E-state index contributed by atoms with van der Waals surface area (Å²) in [4.78, 5) is 11.6. The number of methoxy groups -OCH3 is 1. The molecule has 1 aromatic rings. The van der Waals surface area contributed by atoms with Gasteiger partial charge in [-0.25, -0.2) is 8.78 Å². The summed E-state index contributed by atoms with van der Waals surface area (Å²) in [6, 6.07) is 1.06. The van der Waals surface area contributed by atoms with E-state index in [-0.39, 0.29) is 10.0 Å². The lowest BCUT2D eigenvalue weighted by Crippen LogP contribution is -2.38. The third-order valence-corrected chi connectivity index (χ3v) is 3.30. The summed E-state index contributed by atoms with van der Waals surface area (Å²) in [5, 5.41) is 0.